The van der Waals surface area contributed by atoms with Gasteiger partial charge in [-0.25, -0.2) is 13.4 Å². The summed E-state index contributed by atoms with van der Waals surface area (Å²) in [6.07, 6.45) is 1.98. The van der Waals surface area contributed by atoms with Gasteiger partial charge in [0.1, 0.15) is 18.1 Å². The van der Waals surface area contributed by atoms with Gasteiger partial charge in [0.25, 0.3) is 0 Å². The summed E-state index contributed by atoms with van der Waals surface area (Å²) >= 11 is 1.61. The summed E-state index contributed by atoms with van der Waals surface area (Å²) in [7, 11) is -3.78. The van der Waals surface area contributed by atoms with E-state index in [1.54, 1.807) is 33.8 Å². The van der Waals surface area contributed by atoms with Crippen molar-refractivity contribution in [3.63, 3.8) is 0 Å². The summed E-state index contributed by atoms with van der Waals surface area (Å²) in [5, 5.41) is 6.59. The van der Waals surface area contributed by atoms with E-state index in [9.17, 15) is 8.42 Å². The van der Waals surface area contributed by atoms with Crippen LogP contribution in [0.5, 0.6) is 17.2 Å². The van der Waals surface area contributed by atoms with E-state index in [0.717, 1.165) is 34.9 Å². The summed E-state index contributed by atoms with van der Waals surface area (Å²) in [5.74, 6) is 1.78. The molecule has 2 aromatic carbocycles. The molecule has 216 valence electrons. The van der Waals surface area contributed by atoms with Crippen LogP contribution in [0.3, 0.4) is 0 Å². The molecule has 3 aromatic rings. The van der Waals surface area contributed by atoms with Gasteiger partial charge >= 0.3 is 0 Å². The molecule has 9 nitrogen and oxygen atoms in total. The molecule has 1 N–H and O–H groups in total. The molecule has 2 aliphatic heterocycles. The van der Waals surface area contributed by atoms with Crippen LogP contribution in [0.1, 0.15) is 49.9 Å². The Labute approximate surface area is 240 Å². The lowest BCUT2D eigenvalue weighted by atomic mass is 10.0. The molecule has 2 atom stereocenters. The zero-order valence-electron chi connectivity index (χ0n) is 23.4. The standard InChI is InChI=1S/C29H37N3O6S2/c1-5-6-13-32(40(33,34)24-11-12-26-27(15-24)37-19-36-26)16-28-25(31-29(3,4)38-28)14-21-7-9-23(10-8-21)35-17-22-18-39-20(2)30-22/h7-12,15,18,25,28,31H,5-6,13-14,16-17,19H2,1-4H3/t25-,28+/m0/s1. The van der Waals surface area contributed by atoms with E-state index in [4.69, 9.17) is 18.9 Å². The van der Waals surface area contributed by atoms with E-state index in [2.05, 4.69) is 17.2 Å². The summed E-state index contributed by atoms with van der Waals surface area (Å²) in [6.45, 7) is 9.15. The Balaban J connectivity index is 1.29. The molecule has 0 aliphatic carbocycles. The van der Waals surface area contributed by atoms with Crippen LogP contribution in [-0.4, -0.2) is 55.5 Å². The SMILES string of the molecule is CCCCN(C[C@H]1OC(C)(C)N[C@H]1Cc1ccc(OCc2csc(C)n2)cc1)S(=O)(=O)c1ccc2c(c1)OCO2. The zero-order chi connectivity index (χ0) is 28.3. The minimum absolute atomic E-state index is 0.0733. The largest absolute Gasteiger partial charge is 0.487 e. The summed E-state index contributed by atoms with van der Waals surface area (Å²) in [4.78, 5) is 4.63. The lowest BCUT2D eigenvalue weighted by Crippen LogP contribution is -2.44. The first kappa shape index (κ1) is 28.8. The van der Waals surface area contributed by atoms with Crippen LogP contribution >= 0.6 is 11.3 Å². The van der Waals surface area contributed by atoms with E-state index in [-0.39, 0.29) is 30.4 Å². The second kappa shape index (κ2) is 12.0. The second-order valence-electron chi connectivity index (χ2n) is 10.6. The number of rotatable bonds is 12. The molecule has 0 unspecified atom stereocenters. The second-order valence-corrected chi connectivity index (χ2v) is 13.6. The maximum absolute atomic E-state index is 13.8. The van der Waals surface area contributed by atoms with E-state index < -0.39 is 15.7 Å². The van der Waals surface area contributed by atoms with Crippen molar-refractivity contribution in [1.82, 2.24) is 14.6 Å². The Morgan fingerprint density at radius 2 is 1.93 bits per heavy atom. The van der Waals surface area contributed by atoms with Crippen molar-refractivity contribution in [2.75, 3.05) is 19.9 Å². The van der Waals surface area contributed by atoms with Crippen molar-refractivity contribution >= 4 is 21.4 Å². The third-order valence-corrected chi connectivity index (χ3v) is 9.67. The molecule has 1 aromatic heterocycles. The van der Waals surface area contributed by atoms with Crippen molar-refractivity contribution in [1.29, 1.82) is 0 Å². The normalized spacial score (nSPS) is 19.8. The van der Waals surface area contributed by atoms with Gasteiger partial charge in [-0.2, -0.15) is 4.31 Å². The first-order valence-electron chi connectivity index (χ1n) is 13.6. The van der Waals surface area contributed by atoms with Crippen LogP contribution in [0, 0.1) is 6.92 Å². The van der Waals surface area contributed by atoms with Gasteiger partial charge in [0, 0.05) is 30.6 Å². The summed E-state index contributed by atoms with van der Waals surface area (Å²) in [5.41, 5.74) is 1.45. The number of nitrogens with one attached hydrogen (secondary N) is 1. The fourth-order valence-corrected chi connectivity index (χ4v) is 7.12. The van der Waals surface area contributed by atoms with Gasteiger partial charge in [-0.15, -0.1) is 11.3 Å². The molecule has 40 heavy (non-hydrogen) atoms. The number of sulfonamides is 1. The van der Waals surface area contributed by atoms with E-state index in [0.29, 0.717) is 31.1 Å². The van der Waals surface area contributed by atoms with Gasteiger partial charge in [0.05, 0.1) is 21.7 Å². The lowest BCUT2D eigenvalue weighted by Gasteiger charge is -2.27. The molecule has 0 amide bonds. The van der Waals surface area contributed by atoms with Crippen LogP contribution in [0.25, 0.3) is 0 Å². The van der Waals surface area contributed by atoms with Gasteiger partial charge in [-0.1, -0.05) is 25.5 Å². The number of nitrogens with zero attached hydrogens (tertiary/aromatic N) is 2. The Morgan fingerprint density at radius 3 is 2.65 bits per heavy atom. The van der Waals surface area contributed by atoms with E-state index in [1.165, 1.54) is 0 Å². The topological polar surface area (TPSA) is 99.2 Å². The average Bonchev–Trinajstić information content (AvgIpc) is 3.63. The maximum Gasteiger partial charge on any atom is 0.243 e. The van der Waals surface area contributed by atoms with Crippen molar-refractivity contribution < 1.29 is 27.4 Å². The van der Waals surface area contributed by atoms with Crippen LogP contribution < -0.4 is 19.5 Å². The third kappa shape index (κ3) is 6.77. The van der Waals surface area contributed by atoms with Crippen molar-refractivity contribution in [2.24, 2.45) is 0 Å². The monoisotopic (exact) mass is 587 g/mol. The number of unbranched alkanes of at least 4 members (excludes halogenated alkanes) is 1. The maximum atomic E-state index is 13.8. The average molecular weight is 588 g/mol. The number of aryl methyl sites for hydroxylation is 1. The number of hydrogen-bond acceptors (Lipinski definition) is 9. The lowest BCUT2D eigenvalue weighted by molar-refractivity contribution is -0.0304. The van der Waals surface area contributed by atoms with Crippen molar-refractivity contribution in [3.8, 4) is 17.2 Å². The molecule has 11 heteroatoms. The van der Waals surface area contributed by atoms with Gasteiger partial charge in [0.2, 0.25) is 16.8 Å². The van der Waals surface area contributed by atoms with Crippen LogP contribution in [0.2, 0.25) is 0 Å². The minimum Gasteiger partial charge on any atom is -0.487 e. The fourth-order valence-electron chi connectivity index (χ4n) is 5.02. The smallest absolute Gasteiger partial charge is 0.243 e. The highest BCUT2D eigenvalue weighted by atomic mass is 32.2. The number of hydrogen-bond donors (Lipinski definition) is 1. The molecule has 0 spiro atoms. The zero-order valence-corrected chi connectivity index (χ0v) is 25.0. The minimum atomic E-state index is -3.78. The Kier molecular flexibility index (Phi) is 8.67. The molecule has 1 fully saturated rings. The highest BCUT2D eigenvalue weighted by Crippen LogP contribution is 2.35. The molecule has 0 bridgehead atoms. The van der Waals surface area contributed by atoms with Crippen molar-refractivity contribution in [2.45, 2.75) is 76.3 Å². The number of aromatic nitrogens is 1. The van der Waals surface area contributed by atoms with Gasteiger partial charge in [0.15, 0.2) is 11.5 Å². The fraction of sp³-hybridized carbons (Fsp3) is 0.483. The molecule has 0 saturated carbocycles. The molecule has 2 aliphatic rings. The van der Waals surface area contributed by atoms with Crippen LogP contribution in [0.4, 0.5) is 0 Å². The Bertz CT molecular complexity index is 1410. The summed E-state index contributed by atoms with van der Waals surface area (Å²) < 4.78 is 52.2. The molecule has 5 rings (SSSR count). The van der Waals surface area contributed by atoms with Crippen LogP contribution in [0.15, 0.2) is 52.7 Å². The van der Waals surface area contributed by atoms with Gasteiger partial charge in [-0.3, -0.25) is 5.32 Å². The van der Waals surface area contributed by atoms with E-state index >= 15 is 0 Å². The first-order chi connectivity index (χ1) is 19.1. The highest BCUT2D eigenvalue weighted by molar-refractivity contribution is 7.89. The highest BCUT2D eigenvalue weighted by Gasteiger charge is 2.42. The van der Waals surface area contributed by atoms with E-state index in [1.807, 2.05) is 50.4 Å². The van der Waals surface area contributed by atoms with Crippen molar-refractivity contribution in [3.05, 3.63) is 64.1 Å². The number of fused-ring (bicyclic) bond motifs is 1. The predicted octanol–water partition coefficient (Wildman–Crippen LogP) is 4.89. The molecule has 1 saturated heterocycles. The molecule has 0 radical (unpaired) electrons. The van der Waals surface area contributed by atoms with Crippen LogP contribution in [-0.2, 0) is 27.8 Å². The number of ether oxygens (including phenoxy) is 4. The third-order valence-electron chi connectivity index (χ3n) is 6.99. The molecular weight excluding hydrogens is 550 g/mol. The predicted molar refractivity (Wildman–Crippen MR) is 153 cm³/mol. The Morgan fingerprint density at radius 1 is 1.15 bits per heavy atom. The quantitative estimate of drug-likeness (QED) is 0.320. The Hall–Kier alpha value is -2.70. The molecular formula is C29H37N3O6S2. The summed E-state index contributed by atoms with van der Waals surface area (Å²) in [6, 6.07) is 12.7. The number of thiazole rings is 1. The molecule has 3 heterocycles. The first-order valence-corrected chi connectivity index (χ1v) is 15.9. The van der Waals surface area contributed by atoms with Gasteiger partial charge in [-0.05, 0) is 63.4 Å². The number of benzene rings is 2. The van der Waals surface area contributed by atoms with Gasteiger partial charge < -0.3 is 18.9 Å².